The van der Waals surface area contributed by atoms with Crippen molar-refractivity contribution in [3.05, 3.63) is 89.2 Å². The number of rotatable bonds is 5. The molecule has 0 spiro atoms. The monoisotopic (exact) mass is 346 g/mol. The van der Waals surface area contributed by atoms with E-state index in [1.165, 1.54) is 22.4 Å². The van der Waals surface area contributed by atoms with E-state index >= 15 is 0 Å². The van der Waals surface area contributed by atoms with Gasteiger partial charge in [-0.1, -0.05) is 36.4 Å². The van der Waals surface area contributed by atoms with Gasteiger partial charge in [-0.3, -0.25) is 4.90 Å². The van der Waals surface area contributed by atoms with Crippen molar-refractivity contribution in [3.63, 3.8) is 0 Å². The van der Waals surface area contributed by atoms with Gasteiger partial charge >= 0.3 is 0 Å². The minimum Gasteiger partial charge on any atom is -0.494 e. The number of benzene rings is 2. The minimum atomic E-state index is 0.297. The first-order chi connectivity index (χ1) is 12.8. The molecule has 0 bridgehead atoms. The standard InChI is InChI=1S/C23H26N2O/c1-3-26-21-12-11-20(18(2)16-21)17-25-15-14-24-13-7-10-22(24)23(25)19-8-5-4-6-9-19/h4-13,16,23H,3,14-15,17H2,1-2H3. The molecular weight excluding hydrogens is 320 g/mol. The topological polar surface area (TPSA) is 17.4 Å². The molecule has 3 nitrogen and oxygen atoms in total. The predicted octanol–water partition coefficient (Wildman–Crippen LogP) is 4.80. The number of aromatic nitrogens is 1. The maximum absolute atomic E-state index is 5.64. The first-order valence-corrected chi connectivity index (χ1v) is 9.42. The van der Waals surface area contributed by atoms with Crippen LogP contribution in [0.2, 0.25) is 0 Å². The summed E-state index contributed by atoms with van der Waals surface area (Å²) in [6, 6.07) is 22.0. The molecule has 1 atom stereocenters. The van der Waals surface area contributed by atoms with E-state index < -0.39 is 0 Å². The maximum Gasteiger partial charge on any atom is 0.119 e. The quantitative estimate of drug-likeness (QED) is 0.660. The van der Waals surface area contributed by atoms with Crippen LogP contribution in [0, 0.1) is 6.92 Å². The Morgan fingerprint density at radius 3 is 2.62 bits per heavy atom. The minimum absolute atomic E-state index is 0.297. The highest BCUT2D eigenvalue weighted by atomic mass is 16.5. The molecule has 1 unspecified atom stereocenters. The number of aryl methyl sites for hydroxylation is 1. The van der Waals surface area contributed by atoms with E-state index in [2.05, 4.69) is 83.3 Å². The lowest BCUT2D eigenvalue weighted by molar-refractivity contribution is 0.174. The first kappa shape index (κ1) is 16.9. The van der Waals surface area contributed by atoms with Crippen molar-refractivity contribution in [2.75, 3.05) is 13.2 Å². The zero-order chi connectivity index (χ0) is 17.9. The molecule has 0 aliphatic carbocycles. The van der Waals surface area contributed by atoms with E-state index in [9.17, 15) is 0 Å². The highest BCUT2D eigenvalue weighted by molar-refractivity contribution is 5.36. The Kier molecular flexibility index (Phi) is 4.81. The maximum atomic E-state index is 5.64. The van der Waals surface area contributed by atoms with Gasteiger partial charge in [-0.25, -0.2) is 0 Å². The summed E-state index contributed by atoms with van der Waals surface area (Å²) in [5.74, 6) is 0.959. The number of hydrogen-bond donors (Lipinski definition) is 0. The number of ether oxygens (including phenoxy) is 1. The van der Waals surface area contributed by atoms with Gasteiger partial charge in [0.2, 0.25) is 0 Å². The van der Waals surface area contributed by atoms with E-state index in [0.717, 1.165) is 25.4 Å². The SMILES string of the molecule is CCOc1ccc(CN2CCn3cccc3C2c2ccccc2)c(C)c1. The summed E-state index contributed by atoms with van der Waals surface area (Å²) in [7, 11) is 0. The molecule has 1 aromatic heterocycles. The molecule has 2 heterocycles. The van der Waals surface area contributed by atoms with Gasteiger partial charge < -0.3 is 9.30 Å². The van der Waals surface area contributed by atoms with E-state index in [1.807, 2.05) is 6.92 Å². The zero-order valence-corrected chi connectivity index (χ0v) is 15.6. The van der Waals surface area contributed by atoms with Crippen molar-refractivity contribution < 1.29 is 4.74 Å². The molecule has 4 rings (SSSR count). The molecule has 0 amide bonds. The van der Waals surface area contributed by atoms with Crippen LogP contribution in [0.25, 0.3) is 0 Å². The van der Waals surface area contributed by atoms with Crippen LogP contribution in [0.1, 0.15) is 35.3 Å². The van der Waals surface area contributed by atoms with Crippen LogP contribution in [0.15, 0.2) is 66.9 Å². The highest BCUT2D eigenvalue weighted by Crippen LogP contribution is 2.34. The molecule has 26 heavy (non-hydrogen) atoms. The van der Waals surface area contributed by atoms with Gasteiger partial charge in [-0.05, 0) is 54.8 Å². The van der Waals surface area contributed by atoms with Gasteiger partial charge in [0.15, 0.2) is 0 Å². The molecule has 3 heteroatoms. The lowest BCUT2D eigenvalue weighted by atomic mass is 9.98. The van der Waals surface area contributed by atoms with Crippen LogP contribution in [0.5, 0.6) is 5.75 Å². The van der Waals surface area contributed by atoms with E-state index in [0.29, 0.717) is 12.6 Å². The van der Waals surface area contributed by atoms with Gasteiger partial charge in [0, 0.05) is 31.5 Å². The van der Waals surface area contributed by atoms with E-state index in [-0.39, 0.29) is 0 Å². The van der Waals surface area contributed by atoms with Crippen LogP contribution >= 0.6 is 0 Å². The van der Waals surface area contributed by atoms with Gasteiger partial charge in [0.1, 0.15) is 5.75 Å². The fourth-order valence-electron chi connectivity index (χ4n) is 3.94. The predicted molar refractivity (Wildman–Crippen MR) is 105 cm³/mol. The molecule has 0 fully saturated rings. The number of nitrogens with zero attached hydrogens (tertiary/aromatic N) is 2. The summed E-state index contributed by atoms with van der Waals surface area (Å²) < 4.78 is 8.03. The summed E-state index contributed by atoms with van der Waals surface area (Å²) in [6.45, 7) is 7.95. The van der Waals surface area contributed by atoms with E-state index in [1.54, 1.807) is 0 Å². The third kappa shape index (κ3) is 3.27. The Labute approximate surface area is 155 Å². The lowest BCUT2D eigenvalue weighted by Gasteiger charge is -2.37. The number of fused-ring (bicyclic) bond motifs is 1. The van der Waals surface area contributed by atoms with Crippen LogP contribution in [-0.4, -0.2) is 22.6 Å². The van der Waals surface area contributed by atoms with Crippen LogP contribution in [0.4, 0.5) is 0 Å². The third-order valence-electron chi connectivity index (χ3n) is 5.25. The van der Waals surface area contributed by atoms with Crippen LogP contribution < -0.4 is 4.74 Å². The normalized spacial score (nSPS) is 17.1. The molecule has 134 valence electrons. The van der Waals surface area contributed by atoms with Gasteiger partial charge in [0.05, 0.1) is 12.6 Å². The van der Waals surface area contributed by atoms with Crippen LogP contribution in [0.3, 0.4) is 0 Å². The average Bonchev–Trinajstić information content (AvgIpc) is 3.13. The summed E-state index contributed by atoms with van der Waals surface area (Å²) in [5.41, 5.74) is 5.40. The molecule has 3 aromatic rings. The van der Waals surface area contributed by atoms with Gasteiger partial charge in [0.25, 0.3) is 0 Å². The van der Waals surface area contributed by atoms with Crippen molar-refractivity contribution in [2.24, 2.45) is 0 Å². The molecule has 0 saturated heterocycles. The van der Waals surface area contributed by atoms with E-state index in [4.69, 9.17) is 4.74 Å². The van der Waals surface area contributed by atoms with Crippen molar-refractivity contribution in [1.29, 1.82) is 0 Å². The second kappa shape index (κ2) is 7.38. The number of hydrogen-bond acceptors (Lipinski definition) is 2. The Morgan fingerprint density at radius 1 is 1.00 bits per heavy atom. The second-order valence-electron chi connectivity index (χ2n) is 6.93. The van der Waals surface area contributed by atoms with Crippen molar-refractivity contribution in [2.45, 2.75) is 33.0 Å². The molecule has 0 saturated carbocycles. The first-order valence-electron chi connectivity index (χ1n) is 9.42. The molecule has 1 aliphatic heterocycles. The summed E-state index contributed by atoms with van der Waals surface area (Å²) in [4.78, 5) is 2.59. The summed E-state index contributed by atoms with van der Waals surface area (Å²) in [6.07, 6.45) is 2.20. The third-order valence-corrected chi connectivity index (χ3v) is 5.25. The Hall–Kier alpha value is -2.52. The smallest absolute Gasteiger partial charge is 0.119 e. The molecule has 2 aromatic carbocycles. The molecule has 0 radical (unpaired) electrons. The Morgan fingerprint density at radius 2 is 1.85 bits per heavy atom. The van der Waals surface area contributed by atoms with Crippen LogP contribution in [-0.2, 0) is 13.1 Å². The zero-order valence-electron chi connectivity index (χ0n) is 15.6. The second-order valence-corrected chi connectivity index (χ2v) is 6.93. The summed E-state index contributed by atoms with van der Waals surface area (Å²) >= 11 is 0. The fourth-order valence-corrected chi connectivity index (χ4v) is 3.94. The van der Waals surface area contributed by atoms with Crippen molar-refractivity contribution >= 4 is 0 Å². The van der Waals surface area contributed by atoms with Crippen molar-refractivity contribution in [3.8, 4) is 5.75 Å². The average molecular weight is 346 g/mol. The fraction of sp³-hybridized carbons (Fsp3) is 0.304. The molecule has 1 aliphatic rings. The Balaban J connectivity index is 1.65. The highest BCUT2D eigenvalue weighted by Gasteiger charge is 2.28. The Bertz CT molecular complexity index is 869. The summed E-state index contributed by atoms with van der Waals surface area (Å²) in [5, 5.41) is 0. The molecular formula is C23H26N2O. The van der Waals surface area contributed by atoms with Gasteiger partial charge in [-0.15, -0.1) is 0 Å². The molecule has 0 N–H and O–H groups in total. The van der Waals surface area contributed by atoms with Crippen molar-refractivity contribution in [1.82, 2.24) is 9.47 Å². The van der Waals surface area contributed by atoms with Gasteiger partial charge in [-0.2, -0.15) is 0 Å². The largest absolute Gasteiger partial charge is 0.494 e. The lowest BCUT2D eigenvalue weighted by Crippen LogP contribution is -2.38.